The molecule has 0 atom stereocenters. The number of thiophene rings is 1. The summed E-state index contributed by atoms with van der Waals surface area (Å²) in [6.07, 6.45) is 0.800. The van der Waals surface area contributed by atoms with Crippen LogP contribution in [0, 0.1) is 0 Å². The molecule has 0 aliphatic heterocycles. The molecule has 0 fully saturated rings. The molecular formula is C9H6BrNOS. The van der Waals surface area contributed by atoms with Crippen LogP contribution < -0.4 is 5.73 Å². The standard InChI is InChI=1S/C9H6BrNOS/c10-5-1-2-7-6(3-5)9(11)8(4-12)13-7/h1-4H,11H2. The first-order valence-corrected chi connectivity index (χ1v) is 5.26. The lowest BCUT2D eigenvalue weighted by Gasteiger charge is -1.92. The van der Waals surface area contributed by atoms with E-state index in [0.717, 1.165) is 20.8 Å². The second-order valence-corrected chi connectivity index (χ2v) is 4.64. The van der Waals surface area contributed by atoms with Crippen LogP contribution in [-0.4, -0.2) is 6.29 Å². The molecule has 0 saturated heterocycles. The van der Waals surface area contributed by atoms with Crippen molar-refractivity contribution in [2.45, 2.75) is 0 Å². The van der Waals surface area contributed by atoms with E-state index < -0.39 is 0 Å². The maximum atomic E-state index is 10.6. The summed E-state index contributed by atoms with van der Waals surface area (Å²) in [6, 6.07) is 5.81. The molecule has 1 aromatic carbocycles. The van der Waals surface area contributed by atoms with Crippen LogP contribution >= 0.6 is 27.3 Å². The zero-order valence-corrected chi connectivity index (χ0v) is 8.98. The maximum absolute atomic E-state index is 10.6. The minimum Gasteiger partial charge on any atom is -0.397 e. The van der Waals surface area contributed by atoms with E-state index in [4.69, 9.17) is 5.73 Å². The van der Waals surface area contributed by atoms with E-state index in [0.29, 0.717) is 10.6 Å². The van der Waals surface area contributed by atoms with E-state index in [1.165, 1.54) is 11.3 Å². The van der Waals surface area contributed by atoms with Crippen molar-refractivity contribution in [3.8, 4) is 0 Å². The highest BCUT2D eigenvalue weighted by molar-refractivity contribution is 9.10. The van der Waals surface area contributed by atoms with Gasteiger partial charge in [-0.15, -0.1) is 11.3 Å². The van der Waals surface area contributed by atoms with Gasteiger partial charge in [-0.2, -0.15) is 0 Å². The number of carbonyl (C=O) groups excluding carboxylic acids is 1. The van der Waals surface area contributed by atoms with Gasteiger partial charge >= 0.3 is 0 Å². The van der Waals surface area contributed by atoms with E-state index in [1.807, 2.05) is 18.2 Å². The molecular weight excluding hydrogens is 250 g/mol. The third kappa shape index (κ3) is 1.36. The Kier molecular flexibility index (Phi) is 2.09. The number of fused-ring (bicyclic) bond motifs is 1. The van der Waals surface area contributed by atoms with Crippen molar-refractivity contribution < 1.29 is 4.79 Å². The fourth-order valence-corrected chi connectivity index (χ4v) is 2.48. The summed E-state index contributed by atoms with van der Waals surface area (Å²) < 4.78 is 2.02. The van der Waals surface area contributed by atoms with Crippen molar-refractivity contribution in [3.63, 3.8) is 0 Å². The first-order valence-electron chi connectivity index (χ1n) is 3.65. The lowest BCUT2D eigenvalue weighted by molar-refractivity contribution is 0.112. The van der Waals surface area contributed by atoms with Gasteiger partial charge in [0.25, 0.3) is 0 Å². The highest BCUT2D eigenvalue weighted by atomic mass is 79.9. The normalized spacial score (nSPS) is 10.5. The molecule has 0 aliphatic rings. The number of benzene rings is 1. The monoisotopic (exact) mass is 255 g/mol. The van der Waals surface area contributed by atoms with Gasteiger partial charge in [0.05, 0.1) is 10.6 Å². The lowest BCUT2D eigenvalue weighted by atomic mass is 10.2. The number of hydrogen-bond acceptors (Lipinski definition) is 3. The van der Waals surface area contributed by atoms with Gasteiger partial charge < -0.3 is 5.73 Å². The summed E-state index contributed by atoms with van der Waals surface area (Å²) in [4.78, 5) is 11.2. The van der Waals surface area contributed by atoms with Crippen molar-refractivity contribution >= 4 is 49.3 Å². The molecule has 0 spiro atoms. The van der Waals surface area contributed by atoms with E-state index in [2.05, 4.69) is 15.9 Å². The van der Waals surface area contributed by atoms with Crippen LogP contribution in [-0.2, 0) is 0 Å². The summed E-state index contributed by atoms with van der Waals surface area (Å²) in [5.41, 5.74) is 6.36. The van der Waals surface area contributed by atoms with E-state index in [-0.39, 0.29) is 0 Å². The topological polar surface area (TPSA) is 43.1 Å². The molecule has 0 aliphatic carbocycles. The molecule has 2 aromatic rings. The van der Waals surface area contributed by atoms with Gasteiger partial charge in [0.1, 0.15) is 0 Å². The minimum atomic E-state index is 0.580. The largest absolute Gasteiger partial charge is 0.397 e. The van der Waals surface area contributed by atoms with Crippen molar-refractivity contribution in [1.82, 2.24) is 0 Å². The van der Waals surface area contributed by atoms with Gasteiger partial charge in [0, 0.05) is 14.6 Å². The molecule has 0 radical (unpaired) electrons. The fraction of sp³-hybridized carbons (Fsp3) is 0. The Bertz CT molecular complexity index is 478. The number of nitrogen functional groups attached to an aromatic ring is 1. The highest BCUT2D eigenvalue weighted by Gasteiger charge is 2.07. The molecule has 13 heavy (non-hydrogen) atoms. The van der Waals surface area contributed by atoms with Gasteiger partial charge in [-0.05, 0) is 18.2 Å². The molecule has 4 heteroatoms. The average molecular weight is 256 g/mol. The quantitative estimate of drug-likeness (QED) is 0.797. The fourth-order valence-electron chi connectivity index (χ4n) is 1.20. The Morgan fingerprint density at radius 1 is 1.46 bits per heavy atom. The van der Waals surface area contributed by atoms with E-state index in [9.17, 15) is 4.79 Å². The molecule has 1 heterocycles. The number of anilines is 1. The average Bonchev–Trinajstić information content (AvgIpc) is 2.44. The summed E-state index contributed by atoms with van der Waals surface area (Å²) in [5, 5.41) is 0.946. The minimum absolute atomic E-state index is 0.580. The number of halogens is 1. The zero-order valence-electron chi connectivity index (χ0n) is 6.58. The number of hydrogen-bond donors (Lipinski definition) is 1. The Balaban J connectivity index is 2.84. The van der Waals surface area contributed by atoms with E-state index >= 15 is 0 Å². The first-order chi connectivity index (χ1) is 6.22. The SMILES string of the molecule is Nc1c(C=O)sc2ccc(Br)cc12. The number of carbonyl (C=O) groups is 1. The van der Waals surface area contributed by atoms with Crippen molar-refractivity contribution in [3.05, 3.63) is 27.5 Å². The third-order valence-corrected chi connectivity index (χ3v) is 3.43. The van der Waals surface area contributed by atoms with Crippen LogP contribution in [0.2, 0.25) is 0 Å². The van der Waals surface area contributed by atoms with Crippen molar-refractivity contribution in [2.75, 3.05) is 5.73 Å². The Labute approximate surface area is 87.5 Å². The molecule has 2 N–H and O–H groups in total. The van der Waals surface area contributed by atoms with Crippen LogP contribution in [0.4, 0.5) is 5.69 Å². The van der Waals surface area contributed by atoms with Gasteiger partial charge in [-0.3, -0.25) is 4.79 Å². The zero-order chi connectivity index (χ0) is 9.42. The van der Waals surface area contributed by atoms with Gasteiger partial charge in [0.15, 0.2) is 6.29 Å². The number of rotatable bonds is 1. The molecule has 0 amide bonds. The maximum Gasteiger partial charge on any atom is 0.162 e. The van der Waals surface area contributed by atoms with Crippen LogP contribution in [0.5, 0.6) is 0 Å². The Morgan fingerprint density at radius 3 is 2.92 bits per heavy atom. The summed E-state index contributed by atoms with van der Waals surface area (Å²) in [6.45, 7) is 0. The predicted octanol–water partition coefficient (Wildman–Crippen LogP) is 3.06. The number of nitrogens with two attached hydrogens (primary N) is 1. The number of aldehydes is 1. The summed E-state index contributed by atoms with van der Waals surface area (Å²) in [5.74, 6) is 0. The van der Waals surface area contributed by atoms with Crippen LogP contribution in [0.25, 0.3) is 10.1 Å². The van der Waals surface area contributed by atoms with Crippen molar-refractivity contribution in [2.24, 2.45) is 0 Å². The summed E-state index contributed by atoms with van der Waals surface area (Å²) in [7, 11) is 0. The molecule has 0 bridgehead atoms. The Morgan fingerprint density at radius 2 is 2.23 bits per heavy atom. The second kappa shape index (κ2) is 3.12. The van der Waals surface area contributed by atoms with Crippen LogP contribution in [0.1, 0.15) is 9.67 Å². The lowest BCUT2D eigenvalue weighted by Crippen LogP contribution is -1.86. The van der Waals surface area contributed by atoms with Crippen LogP contribution in [0.3, 0.4) is 0 Å². The van der Waals surface area contributed by atoms with Gasteiger partial charge in [0.2, 0.25) is 0 Å². The second-order valence-electron chi connectivity index (χ2n) is 2.64. The van der Waals surface area contributed by atoms with Gasteiger partial charge in [-0.1, -0.05) is 15.9 Å². The molecule has 2 nitrogen and oxygen atoms in total. The molecule has 0 saturated carbocycles. The third-order valence-electron chi connectivity index (χ3n) is 1.82. The summed E-state index contributed by atoms with van der Waals surface area (Å²) >= 11 is 4.78. The van der Waals surface area contributed by atoms with Crippen molar-refractivity contribution in [1.29, 1.82) is 0 Å². The molecule has 66 valence electrons. The first kappa shape index (κ1) is 8.72. The van der Waals surface area contributed by atoms with Gasteiger partial charge in [-0.25, -0.2) is 0 Å². The van der Waals surface area contributed by atoms with E-state index in [1.54, 1.807) is 0 Å². The molecule has 0 unspecified atom stereocenters. The smallest absolute Gasteiger partial charge is 0.162 e. The molecule has 1 aromatic heterocycles. The molecule has 2 rings (SSSR count). The highest BCUT2D eigenvalue weighted by Crippen LogP contribution is 2.33. The predicted molar refractivity (Wildman–Crippen MR) is 59.3 cm³/mol. The Hall–Kier alpha value is -0.870. The van der Waals surface area contributed by atoms with Crippen LogP contribution in [0.15, 0.2) is 22.7 Å².